The Hall–Kier alpha value is -3.55. The lowest BCUT2D eigenvalue weighted by Gasteiger charge is -2.07. The Morgan fingerprint density at radius 2 is 1.96 bits per heavy atom. The van der Waals surface area contributed by atoms with Crippen molar-refractivity contribution in [2.45, 2.75) is 19.9 Å². The Morgan fingerprint density at radius 1 is 1.11 bits per heavy atom. The van der Waals surface area contributed by atoms with Gasteiger partial charge in [-0.05, 0) is 26.0 Å². The Kier molecular flexibility index (Phi) is 4.15. The van der Waals surface area contributed by atoms with Crippen LogP contribution in [0.3, 0.4) is 0 Å². The molecule has 0 saturated heterocycles. The molecule has 0 bridgehead atoms. The van der Waals surface area contributed by atoms with Gasteiger partial charge in [-0.2, -0.15) is 5.10 Å². The fourth-order valence-electron chi connectivity index (χ4n) is 2.80. The van der Waals surface area contributed by atoms with E-state index < -0.39 is 0 Å². The van der Waals surface area contributed by atoms with Crippen LogP contribution < -0.4 is 5.32 Å². The lowest BCUT2D eigenvalue weighted by Crippen LogP contribution is -2.12. The first kappa shape index (κ1) is 16.9. The van der Waals surface area contributed by atoms with E-state index in [1.54, 1.807) is 42.0 Å². The smallest absolute Gasteiger partial charge is 0.260 e. The van der Waals surface area contributed by atoms with E-state index in [0.717, 1.165) is 22.2 Å². The standard InChI is InChI=1S/C19H19N7O/c1-12(2)26-10-15(7-23-26)19(27)24-18-5-13-4-14(6-21-16(13)8-22-18)17-9-20-11-25(17)3/h4-12H,1-3H3,(H,22,24,27). The van der Waals surface area contributed by atoms with Crippen molar-refractivity contribution in [1.29, 1.82) is 0 Å². The van der Waals surface area contributed by atoms with Crippen LogP contribution in [0.2, 0.25) is 0 Å². The van der Waals surface area contributed by atoms with Crippen LogP contribution in [0.5, 0.6) is 0 Å². The van der Waals surface area contributed by atoms with Crippen LogP contribution in [0.25, 0.3) is 22.2 Å². The van der Waals surface area contributed by atoms with Crippen molar-refractivity contribution in [3.05, 3.63) is 55.0 Å². The highest BCUT2D eigenvalue weighted by Gasteiger charge is 2.12. The second-order valence-electron chi connectivity index (χ2n) is 6.63. The number of rotatable bonds is 4. The van der Waals surface area contributed by atoms with Crippen LogP contribution in [0.1, 0.15) is 30.2 Å². The van der Waals surface area contributed by atoms with Gasteiger partial charge in [-0.3, -0.25) is 14.5 Å². The van der Waals surface area contributed by atoms with Gasteiger partial charge in [-0.15, -0.1) is 0 Å². The van der Waals surface area contributed by atoms with E-state index in [-0.39, 0.29) is 11.9 Å². The van der Waals surface area contributed by atoms with E-state index in [2.05, 4.69) is 25.4 Å². The largest absolute Gasteiger partial charge is 0.334 e. The third kappa shape index (κ3) is 3.29. The van der Waals surface area contributed by atoms with Gasteiger partial charge in [0.05, 0.1) is 41.7 Å². The van der Waals surface area contributed by atoms with Gasteiger partial charge in [0, 0.05) is 36.4 Å². The first-order valence-corrected chi connectivity index (χ1v) is 8.59. The average Bonchev–Trinajstić information content (AvgIpc) is 3.30. The summed E-state index contributed by atoms with van der Waals surface area (Å²) in [5.74, 6) is 0.221. The number of carbonyl (C=O) groups excluding carboxylic acids is 1. The topological polar surface area (TPSA) is 90.5 Å². The number of carbonyl (C=O) groups is 1. The number of amides is 1. The number of nitrogens with one attached hydrogen (secondary N) is 1. The third-order valence-corrected chi connectivity index (χ3v) is 4.31. The molecule has 27 heavy (non-hydrogen) atoms. The molecule has 4 aromatic heterocycles. The molecule has 1 amide bonds. The van der Waals surface area contributed by atoms with Crippen molar-refractivity contribution in [3.8, 4) is 11.3 Å². The lowest BCUT2D eigenvalue weighted by molar-refractivity contribution is 0.102. The van der Waals surface area contributed by atoms with Crippen molar-refractivity contribution in [3.63, 3.8) is 0 Å². The van der Waals surface area contributed by atoms with Crippen LogP contribution >= 0.6 is 0 Å². The highest BCUT2D eigenvalue weighted by Crippen LogP contribution is 2.23. The fourth-order valence-corrected chi connectivity index (χ4v) is 2.80. The van der Waals surface area contributed by atoms with Crippen molar-refractivity contribution in [2.24, 2.45) is 7.05 Å². The van der Waals surface area contributed by atoms with Gasteiger partial charge in [-0.25, -0.2) is 9.97 Å². The maximum Gasteiger partial charge on any atom is 0.260 e. The number of anilines is 1. The molecule has 8 heteroatoms. The SMILES string of the molecule is CC(C)n1cc(C(=O)Nc2cc3cc(-c4cncn4C)cnc3cn2)cn1. The summed E-state index contributed by atoms with van der Waals surface area (Å²) in [6.07, 6.45) is 10.3. The number of fused-ring (bicyclic) bond motifs is 1. The highest BCUT2D eigenvalue weighted by molar-refractivity contribution is 6.04. The number of pyridine rings is 2. The molecule has 136 valence electrons. The quantitative estimate of drug-likeness (QED) is 0.603. The maximum atomic E-state index is 12.5. The minimum Gasteiger partial charge on any atom is -0.334 e. The van der Waals surface area contributed by atoms with Crippen molar-refractivity contribution in [1.82, 2.24) is 29.3 Å². The second kappa shape index (κ2) is 6.64. The molecule has 1 N–H and O–H groups in total. The molecule has 0 unspecified atom stereocenters. The monoisotopic (exact) mass is 361 g/mol. The molecular formula is C19H19N7O. The minimum absolute atomic E-state index is 0.196. The number of nitrogens with zero attached hydrogens (tertiary/aromatic N) is 6. The summed E-state index contributed by atoms with van der Waals surface area (Å²) in [6, 6.07) is 4.02. The summed E-state index contributed by atoms with van der Waals surface area (Å²) >= 11 is 0. The predicted molar refractivity (Wildman–Crippen MR) is 102 cm³/mol. The van der Waals surface area contributed by atoms with Crippen LogP contribution in [0.4, 0.5) is 5.82 Å². The number of hydrogen-bond donors (Lipinski definition) is 1. The zero-order valence-electron chi connectivity index (χ0n) is 15.3. The maximum absolute atomic E-state index is 12.5. The number of hydrogen-bond acceptors (Lipinski definition) is 5. The van der Waals surface area contributed by atoms with Crippen LogP contribution in [0, 0.1) is 0 Å². The van der Waals surface area contributed by atoms with Gasteiger partial charge in [0.1, 0.15) is 5.82 Å². The van der Waals surface area contributed by atoms with E-state index in [1.807, 2.05) is 37.6 Å². The summed E-state index contributed by atoms with van der Waals surface area (Å²) < 4.78 is 3.67. The average molecular weight is 361 g/mol. The Bertz CT molecular complexity index is 1130. The van der Waals surface area contributed by atoms with E-state index in [1.165, 1.54) is 0 Å². The first-order chi connectivity index (χ1) is 13.0. The van der Waals surface area contributed by atoms with Gasteiger partial charge in [0.25, 0.3) is 5.91 Å². The van der Waals surface area contributed by atoms with E-state index in [0.29, 0.717) is 11.4 Å². The van der Waals surface area contributed by atoms with Gasteiger partial charge in [0.15, 0.2) is 0 Å². The van der Waals surface area contributed by atoms with E-state index in [9.17, 15) is 4.79 Å². The molecular weight excluding hydrogens is 342 g/mol. The normalized spacial score (nSPS) is 11.3. The van der Waals surface area contributed by atoms with Crippen molar-refractivity contribution < 1.29 is 4.79 Å². The summed E-state index contributed by atoms with van der Waals surface area (Å²) in [4.78, 5) is 25.3. The number of imidazole rings is 1. The predicted octanol–water partition coefficient (Wildman–Crippen LogP) is 3.06. The highest BCUT2D eigenvalue weighted by atomic mass is 16.1. The molecule has 0 radical (unpaired) electrons. The number of aromatic nitrogens is 6. The Labute approximate surface area is 155 Å². The summed E-state index contributed by atoms with van der Waals surface area (Å²) in [6.45, 7) is 4.01. The third-order valence-electron chi connectivity index (χ3n) is 4.31. The van der Waals surface area contributed by atoms with Gasteiger partial charge in [-0.1, -0.05) is 0 Å². The number of aryl methyl sites for hydroxylation is 1. The second-order valence-corrected chi connectivity index (χ2v) is 6.63. The molecule has 0 aromatic carbocycles. The molecule has 0 aliphatic rings. The molecule has 4 heterocycles. The molecule has 0 saturated carbocycles. The van der Waals surface area contributed by atoms with Gasteiger partial charge < -0.3 is 9.88 Å². The minimum atomic E-state index is -0.246. The molecule has 4 rings (SSSR count). The molecule has 0 aliphatic carbocycles. The van der Waals surface area contributed by atoms with Crippen LogP contribution in [0.15, 0.2) is 49.4 Å². The molecule has 0 spiro atoms. The molecule has 0 fully saturated rings. The fraction of sp³-hybridized carbons (Fsp3) is 0.211. The Morgan fingerprint density at radius 3 is 2.67 bits per heavy atom. The zero-order valence-corrected chi connectivity index (χ0v) is 15.3. The van der Waals surface area contributed by atoms with Crippen LogP contribution in [-0.4, -0.2) is 35.2 Å². The van der Waals surface area contributed by atoms with Gasteiger partial charge >= 0.3 is 0 Å². The van der Waals surface area contributed by atoms with Crippen LogP contribution in [-0.2, 0) is 7.05 Å². The Balaban J connectivity index is 1.62. The van der Waals surface area contributed by atoms with E-state index >= 15 is 0 Å². The van der Waals surface area contributed by atoms with E-state index in [4.69, 9.17) is 0 Å². The lowest BCUT2D eigenvalue weighted by atomic mass is 10.1. The molecule has 8 nitrogen and oxygen atoms in total. The molecule has 0 aliphatic heterocycles. The summed E-state index contributed by atoms with van der Waals surface area (Å²) in [5.41, 5.74) is 3.16. The van der Waals surface area contributed by atoms with Gasteiger partial charge in [0.2, 0.25) is 0 Å². The van der Waals surface area contributed by atoms with Crippen molar-refractivity contribution >= 4 is 22.6 Å². The zero-order chi connectivity index (χ0) is 19.0. The molecule has 4 aromatic rings. The summed E-state index contributed by atoms with van der Waals surface area (Å²) in [7, 11) is 1.93. The summed E-state index contributed by atoms with van der Waals surface area (Å²) in [5, 5.41) is 7.90. The molecule has 0 atom stereocenters. The first-order valence-electron chi connectivity index (χ1n) is 8.59. The van der Waals surface area contributed by atoms with Crippen molar-refractivity contribution in [2.75, 3.05) is 5.32 Å².